The monoisotopic (exact) mass is 190 g/mol. The Kier molecular flexibility index (Phi) is 3.02. The fourth-order valence-electron chi connectivity index (χ4n) is 0.732. The first-order chi connectivity index (χ1) is 5.25. The molecule has 3 N–H and O–H groups in total. The first-order valence-electron chi connectivity index (χ1n) is 2.93. The van der Waals surface area contributed by atoms with Crippen molar-refractivity contribution in [2.75, 3.05) is 0 Å². The number of nitrogens with one attached hydrogen (secondary N) is 1. The third-order valence-corrected chi connectivity index (χ3v) is 2.19. The first kappa shape index (κ1) is 8.67. The van der Waals surface area contributed by atoms with Gasteiger partial charge < -0.3 is 0 Å². The van der Waals surface area contributed by atoms with Gasteiger partial charge >= 0.3 is 0 Å². The molecule has 60 valence electrons. The molecule has 11 heavy (non-hydrogen) atoms. The van der Waals surface area contributed by atoms with Crippen LogP contribution in [0.1, 0.15) is 11.6 Å². The largest absolute Gasteiger partial charge is 0.279 e. The maximum atomic E-state index is 10.7. The fourth-order valence-corrected chi connectivity index (χ4v) is 1.61. The molecule has 0 bridgehead atoms. The summed E-state index contributed by atoms with van der Waals surface area (Å²) in [7, 11) is 0. The lowest BCUT2D eigenvalue weighted by Crippen LogP contribution is -2.31. The average Bonchev–Trinajstić information content (AvgIpc) is 2.40. The van der Waals surface area contributed by atoms with Gasteiger partial charge in [-0.05, 0) is 34.0 Å². The van der Waals surface area contributed by atoms with E-state index in [9.17, 15) is 4.79 Å². The van der Waals surface area contributed by atoms with Crippen molar-refractivity contribution in [3.8, 4) is 0 Å². The van der Waals surface area contributed by atoms with E-state index in [1.54, 1.807) is 6.07 Å². The van der Waals surface area contributed by atoms with Crippen molar-refractivity contribution in [3.05, 3.63) is 22.4 Å². The molecule has 5 heteroatoms. The molecule has 1 aromatic rings. The number of hydrogen-bond acceptors (Lipinski definition) is 4. The summed E-state index contributed by atoms with van der Waals surface area (Å²) in [5, 5.41) is 3.19. The molecule has 0 aromatic carbocycles. The number of carbonyl (C=O) groups excluding carboxylic acids is 1. The van der Waals surface area contributed by atoms with Gasteiger partial charge in [-0.2, -0.15) is 11.3 Å². The molecule has 0 amide bonds. The Morgan fingerprint density at radius 1 is 1.82 bits per heavy atom. The van der Waals surface area contributed by atoms with Crippen LogP contribution in [-0.2, 0) is 4.79 Å². The van der Waals surface area contributed by atoms with Gasteiger partial charge in [-0.15, -0.1) is 0 Å². The molecular weight excluding hydrogens is 184 g/mol. The van der Waals surface area contributed by atoms with Crippen molar-refractivity contribution in [1.82, 2.24) is 5.43 Å². The highest BCUT2D eigenvalue weighted by atomic mass is 35.5. The molecule has 1 atom stereocenters. The zero-order valence-electron chi connectivity index (χ0n) is 5.58. The number of hydrogen-bond donors (Lipinski definition) is 2. The van der Waals surface area contributed by atoms with E-state index in [2.05, 4.69) is 5.43 Å². The van der Waals surface area contributed by atoms with E-state index in [4.69, 9.17) is 17.4 Å². The van der Waals surface area contributed by atoms with E-state index >= 15 is 0 Å². The Balaban J connectivity index is 2.79. The second-order valence-corrected chi connectivity index (χ2v) is 3.11. The Morgan fingerprint density at radius 3 is 2.91 bits per heavy atom. The van der Waals surface area contributed by atoms with Crippen LogP contribution in [0.5, 0.6) is 0 Å². The summed E-state index contributed by atoms with van der Waals surface area (Å²) < 4.78 is 0. The van der Waals surface area contributed by atoms with Crippen LogP contribution in [-0.4, -0.2) is 5.24 Å². The molecule has 1 unspecified atom stereocenters. The normalized spacial score (nSPS) is 12.9. The number of rotatable bonds is 3. The summed E-state index contributed by atoms with van der Waals surface area (Å²) in [4.78, 5) is 10.7. The van der Waals surface area contributed by atoms with Gasteiger partial charge in [-0.3, -0.25) is 10.6 Å². The number of carbonyl (C=O) groups is 1. The number of thiophene rings is 1. The molecule has 0 spiro atoms. The molecule has 0 radical (unpaired) electrons. The second-order valence-electron chi connectivity index (χ2n) is 1.96. The van der Waals surface area contributed by atoms with Gasteiger partial charge in [0.15, 0.2) is 0 Å². The smallest absolute Gasteiger partial charge is 0.244 e. The number of halogens is 1. The van der Waals surface area contributed by atoms with Crippen molar-refractivity contribution in [3.63, 3.8) is 0 Å². The van der Waals surface area contributed by atoms with Crippen LogP contribution in [0.4, 0.5) is 0 Å². The molecule has 3 nitrogen and oxygen atoms in total. The minimum atomic E-state index is -0.581. The summed E-state index contributed by atoms with van der Waals surface area (Å²) in [5.41, 5.74) is 3.13. The lowest BCUT2D eigenvalue weighted by atomic mass is 10.2. The zero-order valence-corrected chi connectivity index (χ0v) is 7.15. The molecule has 0 fully saturated rings. The van der Waals surface area contributed by atoms with Gasteiger partial charge in [0.25, 0.3) is 0 Å². The molecule has 0 aliphatic rings. The summed E-state index contributed by atoms with van der Waals surface area (Å²) in [5.74, 6) is 5.11. The van der Waals surface area contributed by atoms with Gasteiger partial charge in [0.1, 0.15) is 6.04 Å². The minimum absolute atomic E-state index is 0.495. The highest BCUT2D eigenvalue weighted by molar-refractivity contribution is 7.08. The third kappa shape index (κ3) is 2.00. The van der Waals surface area contributed by atoms with Crippen molar-refractivity contribution in [2.24, 2.45) is 5.84 Å². The molecular formula is C6H7ClN2OS. The van der Waals surface area contributed by atoms with Gasteiger partial charge in [-0.1, -0.05) is 0 Å². The van der Waals surface area contributed by atoms with E-state index in [0.29, 0.717) is 0 Å². The standard InChI is InChI=1S/C6H7ClN2OS/c7-6(10)5(9-8)4-1-2-11-3-4/h1-3,5,9H,8H2. The predicted octanol–water partition coefficient (Wildman–Crippen LogP) is 1.02. The van der Waals surface area contributed by atoms with Crippen molar-refractivity contribution in [2.45, 2.75) is 6.04 Å². The van der Waals surface area contributed by atoms with Crippen molar-refractivity contribution < 1.29 is 4.79 Å². The lowest BCUT2D eigenvalue weighted by molar-refractivity contribution is -0.113. The van der Waals surface area contributed by atoms with Crippen LogP contribution >= 0.6 is 22.9 Å². The topological polar surface area (TPSA) is 55.1 Å². The second kappa shape index (κ2) is 3.82. The van der Waals surface area contributed by atoms with E-state index in [0.717, 1.165) is 5.56 Å². The Bertz CT molecular complexity index is 237. The summed E-state index contributed by atoms with van der Waals surface area (Å²) in [6.07, 6.45) is 0. The van der Waals surface area contributed by atoms with Gasteiger partial charge in [0.2, 0.25) is 5.24 Å². The van der Waals surface area contributed by atoms with Crippen LogP contribution in [0.3, 0.4) is 0 Å². The Morgan fingerprint density at radius 2 is 2.55 bits per heavy atom. The zero-order chi connectivity index (χ0) is 8.27. The highest BCUT2D eigenvalue weighted by Crippen LogP contribution is 2.17. The van der Waals surface area contributed by atoms with Crippen LogP contribution in [0.15, 0.2) is 16.8 Å². The molecule has 1 aromatic heterocycles. The molecule has 1 heterocycles. The third-order valence-electron chi connectivity index (χ3n) is 1.27. The van der Waals surface area contributed by atoms with E-state index in [-0.39, 0.29) is 0 Å². The van der Waals surface area contributed by atoms with Crippen LogP contribution in [0.25, 0.3) is 0 Å². The number of hydrazine groups is 1. The van der Waals surface area contributed by atoms with Gasteiger partial charge in [0, 0.05) is 0 Å². The van der Waals surface area contributed by atoms with Crippen molar-refractivity contribution in [1.29, 1.82) is 0 Å². The quantitative estimate of drug-likeness (QED) is 0.425. The molecule has 0 aliphatic heterocycles. The maximum absolute atomic E-state index is 10.7. The Labute approximate surface area is 73.1 Å². The summed E-state index contributed by atoms with van der Waals surface area (Å²) >= 11 is 6.75. The van der Waals surface area contributed by atoms with Gasteiger partial charge in [-0.25, -0.2) is 5.43 Å². The van der Waals surface area contributed by atoms with Gasteiger partial charge in [0.05, 0.1) is 0 Å². The highest BCUT2D eigenvalue weighted by Gasteiger charge is 2.16. The summed E-state index contributed by atoms with van der Waals surface area (Å²) in [6.45, 7) is 0. The lowest BCUT2D eigenvalue weighted by Gasteiger charge is -2.07. The van der Waals surface area contributed by atoms with E-state index < -0.39 is 11.3 Å². The SMILES string of the molecule is NNC(C(=O)Cl)c1ccsc1. The molecule has 0 saturated heterocycles. The van der Waals surface area contributed by atoms with Crippen molar-refractivity contribution >= 4 is 28.2 Å². The maximum Gasteiger partial charge on any atom is 0.244 e. The first-order valence-corrected chi connectivity index (χ1v) is 4.25. The minimum Gasteiger partial charge on any atom is -0.279 e. The number of nitrogens with two attached hydrogens (primary N) is 1. The molecule has 1 rings (SSSR count). The summed E-state index contributed by atoms with van der Waals surface area (Å²) in [6, 6.07) is 1.22. The fraction of sp³-hybridized carbons (Fsp3) is 0.167. The Hall–Kier alpha value is -0.420. The van der Waals surface area contributed by atoms with Crippen LogP contribution in [0, 0.1) is 0 Å². The molecule has 0 aliphatic carbocycles. The van der Waals surface area contributed by atoms with E-state index in [1.807, 2.05) is 10.8 Å². The van der Waals surface area contributed by atoms with E-state index in [1.165, 1.54) is 11.3 Å². The van der Waals surface area contributed by atoms with Crippen LogP contribution in [0.2, 0.25) is 0 Å². The van der Waals surface area contributed by atoms with Crippen LogP contribution < -0.4 is 11.3 Å². The average molecular weight is 191 g/mol. The predicted molar refractivity (Wildman–Crippen MR) is 45.2 cm³/mol. The molecule has 0 saturated carbocycles.